The molecular formula is C19H27IN4O2S. The summed E-state index contributed by atoms with van der Waals surface area (Å²) in [6.07, 6.45) is 0.974. The maximum Gasteiger partial charge on any atom is 0.259 e. The zero-order valence-electron chi connectivity index (χ0n) is 15.9. The van der Waals surface area contributed by atoms with Crippen LogP contribution < -0.4 is 15.4 Å². The van der Waals surface area contributed by atoms with Gasteiger partial charge in [0.1, 0.15) is 5.75 Å². The van der Waals surface area contributed by atoms with E-state index in [0.717, 1.165) is 24.5 Å². The Morgan fingerprint density at radius 2 is 2.04 bits per heavy atom. The number of hydrogen-bond donors (Lipinski definition) is 2. The molecule has 0 saturated carbocycles. The lowest BCUT2D eigenvalue weighted by Gasteiger charge is -2.13. The summed E-state index contributed by atoms with van der Waals surface area (Å²) in [4.78, 5) is 18.7. The van der Waals surface area contributed by atoms with Crippen LogP contribution in [0.1, 0.15) is 10.4 Å². The number of aliphatic imine (C=N–C) groups is 1. The van der Waals surface area contributed by atoms with E-state index in [2.05, 4.69) is 33.1 Å². The van der Waals surface area contributed by atoms with Crippen LogP contribution in [0.15, 0.2) is 46.8 Å². The highest BCUT2D eigenvalue weighted by Crippen LogP contribution is 2.13. The van der Waals surface area contributed by atoms with Crippen molar-refractivity contribution in [1.82, 2.24) is 15.5 Å². The van der Waals surface area contributed by atoms with Gasteiger partial charge in [0.25, 0.3) is 5.91 Å². The molecule has 0 atom stereocenters. The average Bonchev–Trinajstić information content (AvgIpc) is 3.16. The predicted octanol–water partition coefficient (Wildman–Crippen LogP) is 2.74. The number of rotatable bonds is 8. The zero-order chi connectivity index (χ0) is 18.8. The van der Waals surface area contributed by atoms with Gasteiger partial charge in [0, 0.05) is 39.1 Å². The van der Waals surface area contributed by atoms with Gasteiger partial charge in [-0.3, -0.25) is 9.79 Å². The highest BCUT2D eigenvalue weighted by molar-refractivity contribution is 14.0. The minimum absolute atomic E-state index is 0. The molecule has 0 unspecified atom stereocenters. The number of nitrogens with one attached hydrogen (secondary N) is 2. The number of likely N-dealkylation sites (N-methyl/N-ethyl adjacent to an activating group) is 1. The van der Waals surface area contributed by atoms with Crippen molar-refractivity contribution >= 4 is 47.2 Å². The van der Waals surface area contributed by atoms with E-state index in [9.17, 15) is 4.79 Å². The van der Waals surface area contributed by atoms with E-state index >= 15 is 0 Å². The molecule has 0 bridgehead atoms. The summed E-state index contributed by atoms with van der Waals surface area (Å²) in [5, 5.41) is 8.68. The Kier molecular flexibility index (Phi) is 10.8. The van der Waals surface area contributed by atoms with Crippen molar-refractivity contribution < 1.29 is 9.53 Å². The van der Waals surface area contributed by atoms with Crippen molar-refractivity contribution in [3.05, 3.63) is 52.2 Å². The molecule has 1 aromatic carbocycles. The maximum atomic E-state index is 11.6. The van der Waals surface area contributed by atoms with Crippen LogP contribution in [0.4, 0.5) is 0 Å². The number of thiophene rings is 1. The second kappa shape index (κ2) is 12.6. The molecule has 1 heterocycles. The lowest BCUT2D eigenvalue weighted by molar-refractivity contribution is -0.130. The predicted molar refractivity (Wildman–Crippen MR) is 122 cm³/mol. The van der Waals surface area contributed by atoms with E-state index < -0.39 is 0 Å². The first-order valence-corrected chi connectivity index (χ1v) is 9.35. The minimum Gasteiger partial charge on any atom is -0.484 e. The van der Waals surface area contributed by atoms with Crippen LogP contribution >= 0.6 is 35.3 Å². The molecule has 148 valence electrons. The summed E-state index contributed by atoms with van der Waals surface area (Å²) in [7, 11) is 5.18. The lowest BCUT2D eigenvalue weighted by Crippen LogP contribution is -2.37. The van der Waals surface area contributed by atoms with E-state index in [1.165, 1.54) is 9.78 Å². The first-order chi connectivity index (χ1) is 12.6. The SMILES string of the molecule is CN=C(NCCc1cccs1)NCc1cccc(OCC(=O)N(C)C)c1.I. The molecular weight excluding hydrogens is 475 g/mol. The van der Waals surface area contributed by atoms with Crippen molar-refractivity contribution in [3.8, 4) is 5.75 Å². The summed E-state index contributed by atoms with van der Waals surface area (Å²) in [5.41, 5.74) is 1.06. The first-order valence-electron chi connectivity index (χ1n) is 8.47. The van der Waals surface area contributed by atoms with Gasteiger partial charge in [-0.25, -0.2) is 0 Å². The molecule has 6 nitrogen and oxygen atoms in total. The van der Waals surface area contributed by atoms with Gasteiger partial charge in [0.05, 0.1) is 0 Å². The maximum absolute atomic E-state index is 11.6. The normalized spacial score (nSPS) is 10.7. The van der Waals surface area contributed by atoms with Gasteiger partial charge in [-0.15, -0.1) is 35.3 Å². The lowest BCUT2D eigenvalue weighted by atomic mass is 10.2. The number of hydrogen-bond acceptors (Lipinski definition) is 4. The standard InChI is InChI=1S/C19H26N4O2S.HI/c1-20-19(21-10-9-17-8-5-11-26-17)22-13-15-6-4-7-16(12-15)25-14-18(24)23(2)3;/h4-8,11-12H,9-10,13-14H2,1-3H3,(H2,20,21,22);1H. The summed E-state index contributed by atoms with van der Waals surface area (Å²) >= 11 is 1.76. The topological polar surface area (TPSA) is 66.0 Å². The molecule has 0 aliphatic heterocycles. The van der Waals surface area contributed by atoms with Crippen LogP contribution in [0.2, 0.25) is 0 Å². The summed E-state index contributed by atoms with van der Waals surface area (Å²) in [6, 6.07) is 11.9. The highest BCUT2D eigenvalue weighted by Gasteiger charge is 2.05. The van der Waals surface area contributed by atoms with E-state index in [1.807, 2.05) is 24.3 Å². The minimum atomic E-state index is -0.0659. The molecule has 2 aromatic rings. The molecule has 27 heavy (non-hydrogen) atoms. The van der Waals surface area contributed by atoms with Gasteiger partial charge < -0.3 is 20.3 Å². The smallest absolute Gasteiger partial charge is 0.259 e. The Hall–Kier alpha value is -1.81. The molecule has 0 fully saturated rings. The molecule has 1 aromatic heterocycles. The van der Waals surface area contributed by atoms with Crippen molar-refractivity contribution in [3.63, 3.8) is 0 Å². The molecule has 8 heteroatoms. The largest absolute Gasteiger partial charge is 0.484 e. The zero-order valence-corrected chi connectivity index (χ0v) is 19.0. The number of carbonyl (C=O) groups is 1. The molecule has 1 amide bonds. The Labute approximate surface area is 182 Å². The van der Waals surface area contributed by atoms with Crippen molar-refractivity contribution in [2.75, 3.05) is 34.3 Å². The molecule has 0 spiro atoms. The van der Waals surface area contributed by atoms with E-state index in [0.29, 0.717) is 12.3 Å². The molecule has 2 N–H and O–H groups in total. The monoisotopic (exact) mass is 502 g/mol. The van der Waals surface area contributed by atoms with Crippen LogP contribution in [-0.4, -0.2) is 51.1 Å². The van der Waals surface area contributed by atoms with Gasteiger partial charge in [0.15, 0.2) is 12.6 Å². The van der Waals surface area contributed by atoms with E-state index in [-0.39, 0.29) is 36.5 Å². The van der Waals surface area contributed by atoms with Crippen molar-refractivity contribution in [2.45, 2.75) is 13.0 Å². The molecule has 0 aliphatic rings. The van der Waals surface area contributed by atoms with Crippen LogP contribution in [0, 0.1) is 0 Å². The van der Waals surface area contributed by atoms with Crippen molar-refractivity contribution in [2.24, 2.45) is 4.99 Å². The molecule has 0 aliphatic carbocycles. The molecule has 0 radical (unpaired) electrons. The summed E-state index contributed by atoms with van der Waals surface area (Å²) in [5.74, 6) is 1.37. The third kappa shape index (κ3) is 8.61. The first kappa shape index (κ1) is 23.2. The quantitative estimate of drug-likeness (QED) is 0.331. The third-order valence-electron chi connectivity index (χ3n) is 3.69. The number of amides is 1. The molecule has 0 saturated heterocycles. The van der Waals surface area contributed by atoms with E-state index in [1.54, 1.807) is 32.5 Å². The van der Waals surface area contributed by atoms with Gasteiger partial charge in [-0.05, 0) is 35.6 Å². The molecule has 2 rings (SSSR count). The Morgan fingerprint density at radius 3 is 2.70 bits per heavy atom. The number of guanidine groups is 1. The second-order valence-corrected chi connectivity index (χ2v) is 6.94. The fourth-order valence-corrected chi connectivity index (χ4v) is 2.89. The number of carbonyl (C=O) groups excluding carboxylic acids is 1. The van der Waals surface area contributed by atoms with Gasteiger partial charge in [0.2, 0.25) is 0 Å². The van der Waals surface area contributed by atoms with Crippen LogP contribution in [0.3, 0.4) is 0 Å². The fourth-order valence-electron chi connectivity index (χ4n) is 2.18. The Balaban J connectivity index is 0.00000364. The van der Waals surface area contributed by atoms with Crippen molar-refractivity contribution in [1.29, 1.82) is 0 Å². The highest BCUT2D eigenvalue weighted by atomic mass is 127. The van der Waals surface area contributed by atoms with Crippen LogP contribution in [0.5, 0.6) is 5.75 Å². The number of nitrogens with zero attached hydrogens (tertiary/aromatic N) is 2. The summed E-state index contributed by atoms with van der Waals surface area (Å²) in [6.45, 7) is 1.49. The van der Waals surface area contributed by atoms with Gasteiger partial charge in [-0.2, -0.15) is 0 Å². The number of benzene rings is 1. The summed E-state index contributed by atoms with van der Waals surface area (Å²) < 4.78 is 5.55. The second-order valence-electron chi connectivity index (χ2n) is 5.91. The van der Waals surface area contributed by atoms with Gasteiger partial charge in [-0.1, -0.05) is 18.2 Å². The van der Waals surface area contributed by atoms with Gasteiger partial charge >= 0.3 is 0 Å². The van der Waals surface area contributed by atoms with E-state index in [4.69, 9.17) is 4.74 Å². The Morgan fingerprint density at radius 1 is 1.22 bits per heavy atom. The van der Waals surface area contributed by atoms with Crippen LogP contribution in [0.25, 0.3) is 0 Å². The third-order valence-corrected chi connectivity index (χ3v) is 4.62. The van der Waals surface area contributed by atoms with Crippen LogP contribution in [-0.2, 0) is 17.8 Å². The fraction of sp³-hybridized carbons (Fsp3) is 0.368. The average molecular weight is 502 g/mol. The Bertz CT molecular complexity index is 720. The number of ether oxygens (including phenoxy) is 1. The number of halogens is 1.